The summed E-state index contributed by atoms with van der Waals surface area (Å²) in [4.78, 5) is 11.8. The number of carbonyl (C=O) groups is 1. The van der Waals surface area contributed by atoms with Gasteiger partial charge in [-0.3, -0.25) is 4.79 Å². The second kappa shape index (κ2) is 6.18. The molecule has 18 heavy (non-hydrogen) atoms. The van der Waals surface area contributed by atoms with Gasteiger partial charge in [0.05, 0.1) is 17.5 Å². The first-order valence-electron chi connectivity index (χ1n) is 5.93. The van der Waals surface area contributed by atoms with Crippen molar-refractivity contribution in [2.45, 2.75) is 26.3 Å². The van der Waals surface area contributed by atoms with E-state index in [1.807, 2.05) is 30.3 Å². The molecule has 1 aromatic carbocycles. The lowest BCUT2D eigenvalue weighted by molar-refractivity contribution is -0.122. The number of amides is 1. The van der Waals surface area contributed by atoms with Crippen molar-refractivity contribution < 1.29 is 4.79 Å². The fraction of sp³-hybridized carbons (Fsp3) is 0.429. The summed E-state index contributed by atoms with van der Waals surface area (Å²) in [6, 6.07) is 11.2. The molecule has 1 rings (SSSR count). The van der Waals surface area contributed by atoms with Gasteiger partial charge in [0.25, 0.3) is 0 Å². The van der Waals surface area contributed by atoms with Gasteiger partial charge in [-0.2, -0.15) is 5.26 Å². The minimum atomic E-state index is -0.582. The number of rotatable bonds is 5. The molecule has 0 aliphatic carbocycles. The summed E-state index contributed by atoms with van der Waals surface area (Å²) in [7, 11) is 0. The van der Waals surface area contributed by atoms with Gasteiger partial charge in [-0.1, -0.05) is 30.3 Å². The van der Waals surface area contributed by atoms with Gasteiger partial charge in [0.2, 0.25) is 5.91 Å². The number of nitrogens with one attached hydrogen (secondary N) is 1. The highest BCUT2D eigenvalue weighted by atomic mass is 16.2. The second-order valence-corrected chi connectivity index (χ2v) is 5.01. The zero-order valence-electron chi connectivity index (χ0n) is 10.8. The van der Waals surface area contributed by atoms with E-state index in [4.69, 9.17) is 11.0 Å². The van der Waals surface area contributed by atoms with Crippen molar-refractivity contribution in [2.24, 2.45) is 11.1 Å². The average Bonchev–Trinajstić information content (AvgIpc) is 2.37. The zero-order valence-corrected chi connectivity index (χ0v) is 10.8. The molecule has 0 radical (unpaired) electrons. The van der Waals surface area contributed by atoms with E-state index in [0.29, 0.717) is 13.0 Å². The Morgan fingerprint density at radius 2 is 2.06 bits per heavy atom. The molecule has 0 aliphatic heterocycles. The van der Waals surface area contributed by atoms with E-state index < -0.39 is 11.5 Å². The highest BCUT2D eigenvalue weighted by Gasteiger charge is 2.20. The van der Waals surface area contributed by atoms with Gasteiger partial charge < -0.3 is 11.1 Å². The summed E-state index contributed by atoms with van der Waals surface area (Å²) in [5.74, 6) is -0.220. The van der Waals surface area contributed by atoms with Crippen LogP contribution in [0, 0.1) is 16.7 Å². The van der Waals surface area contributed by atoms with Crippen LogP contribution in [0.2, 0.25) is 0 Å². The van der Waals surface area contributed by atoms with Gasteiger partial charge in [-0.25, -0.2) is 0 Å². The second-order valence-electron chi connectivity index (χ2n) is 5.01. The molecule has 0 saturated carbocycles. The van der Waals surface area contributed by atoms with E-state index in [1.165, 1.54) is 0 Å². The van der Waals surface area contributed by atoms with Crippen LogP contribution >= 0.6 is 0 Å². The molecule has 0 fully saturated rings. The molecule has 0 aromatic heterocycles. The third-order valence-corrected chi connectivity index (χ3v) is 2.64. The summed E-state index contributed by atoms with van der Waals surface area (Å²) in [5.41, 5.74) is 6.29. The van der Waals surface area contributed by atoms with Crippen LogP contribution in [0.3, 0.4) is 0 Å². The minimum absolute atomic E-state index is 0.220. The molecule has 0 unspecified atom stereocenters. The molecule has 4 heteroatoms. The van der Waals surface area contributed by atoms with E-state index in [2.05, 4.69) is 11.4 Å². The lowest BCUT2D eigenvalue weighted by atomic mass is 9.96. The van der Waals surface area contributed by atoms with E-state index in [9.17, 15) is 4.79 Å². The predicted molar refractivity (Wildman–Crippen MR) is 70.5 cm³/mol. The van der Waals surface area contributed by atoms with Crippen molar-refractivity contribution in [2.75, 3.05) is 6.54 Å². The molecule has 4 nitrogen and oxygen atoms in total. The SMILES string of the molecule is CC(C)(C#N)CNC(=O)[C@H](N)Cc1ccccc1. The zero-order chi connectivity index (χ0) is 13.6. The summed E-state index contributed by atoms with van der Waals surface area (Å²) in [6.07, 6.45) is 0.500. The maximum Gasteiger partial charge on any atom is 0.237 e. The maximum absolute atomic E-state index is 11.8. The van der Waals surface area contributed by atoms with Crippen molar-refractivity contribution in [3.05, 3.63) is 35.9 Å². The molecule has 1 amide bonds. The number of hydrogen-bond donors (Lipinski definition) is 2. The topological polar surface area (TPSA) is 78.9 Å². The molecule has 96 valence electrons. The van der Waals surface area contributed by atoms with Crippen LogP contribution in [0.25, 0.3) is 0 Å². The molecular weight excluding hydrogens is 226 g/mol. The molecule has 0 aliphatic rings. The highest BCUT2D eigenvalue weighted by molar-refractivity contribution is 5.81. The fourth-order valence-corrected chi connectivity index (χ4v) is 1.44. The summed E-state index contributed by atoms with van der Waals surface area (Å²) >= 11 is 0. The van der Waals surface area contributed by atoms with Crippen LogP contribution in [-0.2, 0) is 11.2 Å². The molecule has 3 N–H and O–H groups in total. The van der Waals surface area contributed by atoms with Gasteiger partial charge in [0.1, 0.15) is 0 Å². The Morgan fingerprint density at radius 3 is 2.61 bits per heavy atom. The predicted octanol–water partition coefficient (Wildman–Crippen LogP) is 1.22. The Kier molecular flexibility index (Phi) is 4.87. The minimum Gasteiger partial charge on any atom is -0.353 e. The Balaban J connectivity index is 2.46. The highest BCUT2D eigenvalue weighted by Crippen LogP contribution is 2.10. The van der Waals surface area contributed by atoms with Crippen LogP contribution in [-0.4, -0.2) is 18.5 Å². The van der Waals surface area contributed by atoms with Gasteiger partial charge >= 0.3 is 0 Å². The standard InChI is InChI=1S/C14H19N3O/c1-14(2,9-15)10-17-13(18)12(16)8-11-6-4-3-5-7-11/h3-7,12H,8,10,16H2,1-2H3,(H,17,18)/t12-/m1/s1. The number of nitrogens with zero attached hydrogens (tertiary/aromatic N) is 1. The van der Waals surface area contributed by atoms with Gasteiger partial charge in [0, 0.05) is 6.54 Å². The molecular formula is C14H19N3O. The summed E-state index contributed by atoms with van der Waals surface area (Å²) in [5, 5.41) is 11.6. The van der Waals surface area contributed by atoms with E-state index in [0.717, 1.165) is 5.56 Å². The van der Waals surface area contributed by atoms with E-state index >= 15 is 0 Å². The molecule has 1 atom stereocenters. The van der Waals surface area contributed by atoms with Gasteiger partial charge in [0.15, 0.2) is 0 Å². The Bertz CT molecular complexity index is 434. The monoisotopic (exact) mass is 245 g/mol. The first-order chi connectivity index (χ1) is 8.44. The normalized spacial score (nSPS) is 12.6. The van der Waals surface area contributed by atoms with Crippen molar-refractivity contribution in [1.29, 1.82) is 5.26 Å². The van der Waals surface area contributed by atoms with Crippen LogP contribution in [0.1, 0.15) is 19.4 Å². The lowest BCUT2D eigenvalue weighted by Crippen LogP contribution is -2.44. The van der Waals surface area contributed by atoms with Crippen LogP contribution in [0.4, 0.5) is 0 Å². The number of nitrogens with two attached hydrogens (primary N) is 1. The van der Waals surface area contributed by atoms with Crippen molar-refractivity contribution in [3.8, 4) is 6.07 Å². The third kappa shape index (κ3) is 4.56. The van der Waals surface area contributed by atoms with Crippen LogP contribution in [0.5, 0.6) is 0 Å². The van der Waals surface area contributed by atoms with Crippen molar-refractivity contribution in [1.82, 2.24) is 5.32 Å². The van der Waals surface area contributed by atoms with Crippen LogP contribution < -0.4 is 11.1 Å². The number of carbonyl (C=O) groups excluding carboxylic acids is 1. The fourth-order valence-electron chi connectivity index (χ4n) is 1.44. The Labute approximate surface area is 108 Å². The molecule has 0 heterocycles. The first-order valence-corrected chi connectivity index (χ1v) is 5.93. The smallest absolute Gasteiger partial charge is 0.237 e. The Morgan fingerprint density at radius 1 is 1.44 bits per heavy atom. The maximum atomic E-state index is 11.8. The summed E-state index contributed by atoms with van der Waals surface area (Å²) in [6.45, 7) is 3.86. The molecule has 0 bridgehead atoms. The van der Waals surface area contributed by atoms with Crippen molar-refractivity contribution in [3.63, 3.8) is 0 Å². The Hall–Kier alpha value is -1.86. The molecule has 0 saturated heterocycles. The molecule has 0 spiro atoms. The largest absolute Gasteiger partial charge is 0.353 e. The van der Waals surface area contributed by atoms with E-state index in [1.54, 1.807) is 13.8 Å². The lowest BCUT2D eigenvalue weighted by Gasteiger charge is -2.18. The van der Waals surface area contributed by atoms with E-state index in [-0.39, 0.29) is 5.91 Å². The molecule has 1 aromatic rings. The third-order valence-electron chi connectivity index (χ3n) is 2.64. The van der Waals surface area contributed by atoms with Gasteiger partial charge in [-0.15, -0.1) is 0 Å². The quantitative estimate of drug-likeness (QED) is 0.818. The summed E-state index contributed by atoms with van der Waals surface area (Å²) < 4.78 is 0. The van der Waals surface area contributed by atoms with Gasteiger partial charge in [-0.05, 0) is 25.8 Å². The average molecular weight is 245 g/mol. The van der Waals surface area contributed by atoms with Crippen LogP contribution in [0.15, 0.2) is 30.3 Å². The number of benzene rings is 1. The number of hydrogen-bond acceptors (Lipinski definition) is 3. The van der Waals surface area contributed by atoms with Crippen molar-refractivity contribution >= 4 is 5.91 Å². The first kappa shape index (κ1) is 14.2. The number of nitriles is 1.